The van der Waals surface area contributed by atoms with E-state index in [1.807, 2.05) is 0 Å². The minimum absolute atomic E-state index is 0.0330. The van der Waals surface area contributed by atoms with Crippen molar-refractivity contribution in [3.05, 3.63) is 45.0 Å². The lowest BCUT2D eigenvalue weighted by Gasteiger charge is -1.98. The minimum atomic E-state index is -0.443. The molecule has 3 nitrogen and oxygen atoms in total. The highest BCUT2D eigenvalue weighted by molar-refractivity contribution is 6.32. The quantitative estimate of drug-likeness (QED) is 0.539. The molecule has 0 aliphatic carbocycles. The van der Waals surface area contributed by atoms with Crippen LogP contribution in [0.2, 0.25) is 5.02 Å². The number of nitrogens with zero attached hydrogens (tertiary/aromatic N) is 1. The van der Waals surface area contributed by atoms with Crippen LogP contribution in [0.5, 0.6) is 0 Å². The largest absolute Gasteiger partial charge is 0.278 e. The number of benzene rings is 1. The van der Waals surface area contributed by atoms with Crippen LogP contribution in [0.25, 0.3) is 6.08 Å². The lowest BCUT2D eigenvalue weighted by Crippen LogP contribution is -1.91. The van der Waals surface area contributed by atoms with Gasteiger partial charge in [0.15, 0.2) is 0 Å². The molecule has 0 bridgehead atoms. The Morgan fingerprint density at radius 3 is 2.77 bits per heavy atom. The molecule has 1 aromatic rings. The van der Waals surface area contributed by atoms with E-state index in [9.17, 15) is 10.1 Å². The van der Waals surface area contributed by atoms with Crippen molar-refractivity contribution < 1.29 is 4.92 Å². The number of rotatable bonds is 2. The maximum atomic E-state index is 10.6. The molecule has 4 heteroatoms. The van der Waals surface area contributed by atoms with Gasteiger partial charge in [0.2, 0.25) is 0 Å². The zero-order chi connectivity index (χ0) is 9.84. The van der Waals surface area contributed by atoms with Gasteiger partial charge in [-0.25, -0.2) is 0 Å². The zero-order valence-electron chi connectivity index (χ0n) is 7.03. The number of nitro benzene ring substituents is 1. The number of hydrogen-bond donors (Lipinski definition) is 0. The predicted molar refractivity (Wildman–Crippen MR) is 52.8 cm³/mol. The van der Waals surface area contributed by atoms with Crippen LogP contribution in [0.15, 0.2) is 24.3 Å². The van der Waals surface area contributed by atoms with Gasteiger partial charge in [-0.05, 0) is 13.0 Å². The number of halogens is 1. The summed E-state index contributed by atoms with van der Waals surface area (Å²) in [6, 6.07) is 4.62. The summed E-state index contributed by atoms with van der Waals surface area (Å²) >= 11 is 5.80. The summed E-state index contributed by atoms with van der Waals surface area (Å²) in [5.74, 6) is 0. The lowest BCUT2D eigenvalue weighted by molar-refractivity contribution is -0.385. The Morgan fingerprint density at radius 2 is 2.23 bits per heavy atom. The molecule has 0 N–H and O–H groups in total. The van der Waals surface area contributed by atoms with E-state index in [1.54, 1.807) is 31.2 Å². The molecule has 0 radical (unpaired) electrons. The summed E-state index contributed by atoms with van der Waals surface area (Å²) in [5, 5.41) is 11.0. The second-order valence-electron chi connectivity index (χ2n) is 2.43. The van der Waals surface area contributed by atoms with Crippen molar-refractivity contribution in [2.45, 2.75) is 6.92 Å². The molecule has 0 unspecified atom stereocenters. The van der Waals surface area contributed by atoms with Gasteiger partial charge in [0, 0.05) is 6.07 Å². The molecule has 0 fully saturated rings. The van der Waals surface area contributed by atoms with E-state index in [4.69, 9.17) is 11.6 Å². The van der Waals surface area contributed by atoms with E-state index < -0.39 is 4.92 Å². The fraction of sp³-hybridized carbons (Fsp3) is 0.111. The third-order valence-electron chi connectivity index (χ3n) is 1.56. The van der Waals surface area contributed by atoms with Crippen LogP contribution < -0.4 is 0 Å². The van der Waals surface area contributed by atoms with Crippen LogP contribution in [-0.2, 0) is 0 Å². The van der Waals surface area contributed by atoms with Gasteiger partial charge >= 0.3 is 0 Å². The topological polar surface area (TPSA) is 43.1 Å². The van der Waals surface area contributed by atoms with E-state index in [2.05, 4.69) is 0 Å². The lowest BCUT2D eigenvalue weighted by atomic mass is 10.1. The van der Waals surface area contributed by atoms with Crippen LogP contribution in [0.4, 0.5) is 5.69 Å². The highest BCUT2D eigenvalue weighted by Gasteiger charge is 2.12. The molecule has 0 heterocycles. The highest BCUT2D eigenvalue weighted by Crippen LogP contribution is 2.27. The van der Waals surface area contributed by atoms with Crippen LogP contribution >= 0.6 is 11.6 Å². The molecule has 0 aliphatic heterocycles. The van der Waals surface area contributed by atoms with Crippen molar-refractivity contribution >= 4 is 23.4 Å². The van der Waals surface area contributed by atoms with Gasteiger partial charge in [-0.2, -0.15) is 0 Å². The molecule has 68 valence electrons. The van der Waals surface area contributed by atoms with Crippen molar-refractivity contribution in [2.75, 3.05) is 0 Å². The van der Waals surface area contributed by atoms with Gasteiger partial charge in [-0.3, -0.25) is 10.1 Å². The van der Waals surface area contributed by atoms with Crippen molar-refractivity contribution in [1.82, 2.24) is 0 Å². The van der Waals surface area contributed by atoms with E-state index in [1.165, 1.54) is 6.07 Å². The number of nitro groups is 1. The van der Waals surface area contributed by atoms with E-state index >= 15 is 0 Å². The Labute approximate surface area is 80.8 Å². The summed E-state index contributed by atoms with van der Waals surface area (Å²) in [7, 11) is 0. The molecular weight excluding hydrogens is 190 g/mol. The van der Waals surface area contributed by atoms with Crippen LogP contribution in [-0.4, -0.2) is 4.92 Å². The van der Waals surface area contributed by atoms with E-state index in [0.717, 1.165) is 0 Å². The Kier molecular flexibility index (Phi) is 3.03. The molecule has 0 aromatic heterocycles. The second kappa shape index (κ2) is 4.05. The molecule has 0 amide bonds. The summed E-state index contributed by atoms with van der Waals surface area (Å²) in [5.41, 5.74) is 0.488. The summed E-state index contributed by atoms with van der Waals surface area (Å²) in [4.78, 5) is 10.1. The molecule has 13 heavy (non-hydrogen) atoms. The maximum absolute atomic E-state index is 10.6. The van der Waals surface area contributed by atoms with Crippen LogP contribution in [0.1, 0.15) is 12.5 Å². The molecule has 0 saturated heterocycles. The predicted octanol–water partition coefficient (Wildman–Crippen LogP) is 3.28. The Morgan fingerprint density at radius 1 is 1.54 bits per heavy atom. The van der Waals surface area contributed by atoms with Gasteiger partial charge < -0.3 is 0 Å². The minimum Gasteiger partial charge on any atom is -0.258 e. The summed E-state index contributed by atoms with van der Waals surface area (Å²) in [6.45, 7) is 1.78. The van der Waals surface area contributed by atoms with Crippen molar-refractivity contribution in [2.24, 2.45) is 0 Å². The molecule has 0 atom stereocenters. The SMILES string of the molecule is CC=Cc1c(Cl)cccc1[N+](=O)[O-]. The van der Waals surface area contributed by atoms with Crippen molar-refractivity contribution in [1.29, 1.82) is 0 Å². The zero-order valence-corrected chi connectivity index (χ0v) is 7.78. The molecule has 0 saturated carbocycles. The first-order chi connectivity index (χ1) is 6.16. The van der Waals surface area contributed by atoms with Gasteiger partial charge in [0.1, 0.15) is 0 Å². The molecule has 1 rings (SSSR count). The standard InChI is InChI=1S/C9H8ClNO2/c1-2-4-7-8(10)5-3-6-9(7)11(12)13/h2-6H,1H3. The summed E-state index contributed by atoms with van der Waals surface area (Å²) in [6.07, 6.45) is 3.34. The average molecular weight is 198 g/mol. The Balaban J connectivity index is 3.33. The fourth-order valence-corrected chi connectivity index (χ4v) is 1.25. The number of hydrogen-bond acceptors (Lipinski definition) is 2. The first-order valence-electron chi connectivity index (χ1n) is 3.72. The Hall–Kier alpha value is -1.35. The smallest absolute Gasteiger partial charge is 0.258 e. The van der Waals surface area contributed by atoms with E-state index in [0.29, 0.717) is 10.6 Å². The van der Waals surface area contributed by atoms with Crippen LogP contribution in [0.3, 0.4) is 0 Å². The second-order valence-corrected chi connectivity index (χ2v) is 2.84. The third kappa shape index (κ3) is 2.06. The normalized spacial score (nSPS) is 10.6. The van der Waals surface area contributed by atoms with Gasteiger partial charge in [-0.1, -0.05) is 29.8 Å². The maximum Gasteiger partial charge on any atom is 0.278 e. The molecule has 0 aliphatic rings. The molecule has 0 spiro atoms. The molecular formula is C9H8ClNO2. The van der Waals surface area contributed by atoms with Crippen molar-refractivity contribution in [3.8, 4) is 0 Å². The van der Waals surface area contributed by atoms with Gasteiger partial charge in [0.05, 0.1) is 15.5 Å². The number of allylic oxidation sites excluding steroid dienone is 1. The van der Waals surface area contributed by atoms with Crippen molar-refractivity contribution in [3.63, 3.8) is 0 Å². The van der Waals surface area contributed by atoms with Gasteiger partial charge in [0.25, 0.3) is 5.69 Å². The van der Waals surface area contributed by atoms with Crippen LogP contribution in [0, 0.1) is 10.1 Å². The van der Waals surface area contributed by atoms with Gasteiger partial charge in [-0.15, -0.1) is 0 Å². The summed E-state index contributed by atoms with van der Waals surface area (Å²) < 4.78 is 0. The third-order valence-corrected chi connectivity index (χ3v) is 1.89. The highest BCUT2D eigenvalue weighted by atomic mass is 35.5. The Bertz CT molecular complexity index is 361. The monoisotopic (exact) mass is 197 g/mol. The van der Waals surface area contributed by atoms with E-state index in [-0.39, 0.29) is 5.69 Å². The first kappa shape index (κ1) is 9.74. The fourth-order valence-electron chi connectivity index (χ4n) is 1.02. The average Bonchev–Trinajstić information content (AvgIpc) is 2.08. The molecule has 1 aromatic carbocycles. The first-order valence-corrected chi connectivity index (χ1v) is 4.10.